The van der Waals surface area contributed by atoms with Gasteiger partial charge in [0.15, 0.2) is 0 Å². The summed E-state index contributed by atoms with van der Waals surface area (Å²) in [5.41, 5.74) is 1.86. The van der Waals surface area contributed by atoms with E-state index in [0.717, 1.165) is 9.26 Å². The molecule has 4 heteroatoms. The maximum absolute atomic E-state index is 11.7. The second-order valence-electron chi connectivity index (χ2n) is 3.42. The van der Waals surface area contributed by atoms with E-state index in [1.165, 1.54) is 4.90 Å². The van der Waals surface area contributed by atoms with Crippen molar-refractivity contribution in [2.45, 2.75) is 6.92 Å². The SMILES string of the molecule is C=C(C)C(=O)N(C)c1ccc(C#N)cc1I. The van der Waals surface area contributed by atoms with Crippen molar-refractivity contribution in [3.63, 3.8) is 0 Å². The van der Waals surface area contributed by atoms with Crippen molar-refractivity contribution in [2.24, 2.45) is 0 Å². The number of halogens is 1. The molecule has 0 atom stereocenters. The van der Waals surface area contributed by atoms with Crippen LogP contribution in [0.4, 0.5) is 5.69 Å². The number of hydrogen-bond acceptors (Lipinski definition) is 2. The quantitative estimate of drug-likeness (QED) is 0.620. The van der Waals surface area contributed by atoms with Crippen LogP contribution < -0.4 is 4.90 Å². The second-order valence-corrected chi connectivity index (χ2v) is 4.58. The van der Waals surface area contributed by atoms with E-state index in [1.807, 2.05) is 0 Å². The van der Waals surface area contributed by atoms with Gasteiger partial charge in [-0.3, -0.25) is 4.79 Å². The Balaban J connectivity index is 3.11. The first-order valence-electron chi connectivity index (χ1n) is 4.60. The van der Waals surface area contributed by atoms with Crippen molar-refractivity contribution in [1.29, 1.82) is 5.26 Å². The van der Waals surface area contributed by atoms with E-state index >= 15 is 0 Å². The zero-order valence-electron chi connectivity index (χ0n) is 9.12. The monoisotopic (exact) mass is 326 g/mol. The van der Waals surface area contributed by atoms with Crippen LogP contribution in [0.3, 0.4) is 0 Å². The molecule has 0 bridgehead atoms. The van der Waals surface area contributed by atoms with Gasteiger partial charge in [0.25, 0.3) is 5.91 Å². The smallest absolute Gasteiger partial charge is 0.253 e. The summed E-state index contributed by atoms with van der Waals surface area (Å²) >= 11 is 2.11. The molecular formula is C12H11IN2O. The molecular weight excluding hydrogens is 315 g/mol. The number of likely N-dealkylation sites (N-methyl/N-ethyl adjacent to an activating group) is 1. The predicted molar refractivity (Wildman–Crippen MR) is 72.1 cm³/mol. The number of benzene rings is 1. The summed E-state index contributed by atoms with van der Waals surface area (Å²) in [6, 6.07) is 7.27. The Morgan fingerprint density at radius 2 is 2.19 bits per heavy atom. The number of carbonyl (C=O) groups is 1. The van der Waals surface area contributed by atoms with E-state index in [4.69, 9.17) is 5.26 Å². The largest absolute Gasteiger partial charge is 0.311 e. The van der Waals surface area contributed by atoms with Gasteiger partial charge in [-0.05, 0) is 47.7 Å². The number of anilines is 1. The Labute approximate surface area is 109 Å². The minimum Gasteiger partial charge on any atom is -0.311 e. The Hall–Kier alpha value is -1.35. The molecule has 0 aliphatic heterocycles. The normalized spacial score (nSPS) is 9.38. The summed E-state index contributed by atoms with van der Waals surface area (Å²) in [6.45, 7) is 5.29. The molecule has 0 aliphatic rings. The van der Waals surface area contributed by atoms with Crippen LogP contribution in [0.15, 0.2) is 30.4 Å². The van der Waals surface area contributed by atoms with Gasteiger partial charge in [0.2, 0.25) is 0 Å². The summed E-state index contributed by atoms with van der Waals surface area (Å²) in [6.07, 6.45) is 0. The number of amides is 1. The Morgan fingerprint density at radius 1 is 1.56 bits per heavy atom. The molecule has 1 rings (SSSR count). The Morgan fingerprint density at radius 3 is 2.62 bits per heavy atom. The molecule has 3 nitrogen and oxygen atoms in total. The lowest BCUT2D eigenvalue weighted by Crippen LogP contribution is -2.27. The molecule has 0 unspecified atom stereocenters. The molecule has 16 heavy (non-hydrogen) atoms. The molecule has 0 spiro atoms. The fraction of sp³-hybridized carbons (Fsp3) is 0.167. The maximum Gasteiger partial charge on any atom is 0.253 e. The highest BCUT2D eigenvalue weighted by atomic mass is 127. The molecule has 0 N–H and O–H groups in total. The van der Waals surface area contributed by atoms with E-state index in [9.17, 15) is 4.79 Å². The first kappa shape index (κ1) is 12.7. The highest BCUT2D eigenvalue weighted by Gasteiger charge is 2.14. The highest BCUT2D eigenvalue weighted by Crippen LogP contribution is 2.23. The van der Waals surface area contributed by atoms with Crippen LogP contribution in [0.2, 0.25) is 0 Å². The van der Waals surface area contributed by atoms with Crippen molar-refractivity contribution >= 4 is 34.2 Å². The van der Waals surface area contributed by atoms with Crippen molar-refractivity contribution in [3.8, 4) is 6.07 Å². The van der Waals surface area contributed by atoms with Crippen LogP contribution in [-0.2, 0) is 4.79 Å². The minimum atomic E-state index is -0.123. The Kier molecular flexibility index (Phi) is 4.07. The molecule has 82 valence electrons. The van der Waals surface area contributed by atoms with Gasteiger partial charge in [0.05, 0.1) is 17.3 Å². The highest BCUT2D eigenvalue weighted by molar-refractivity contribution is 14.1. The topological polar surface area (TPSA) is 44.1 Å². The molecule has 1 amide bonds. The molecule has 1 aromatic carbocycles. The van der Waals surface area contributed by atoms with Crippen LogP contribution in [0, 0.1) is 14.9 Å². The van der Waals surface area contributed by atoms with Crippen LogP contribution in [0.5, 0.6) is 0 Å². The number of carbonyl (C=O) groups excluding carboxylic acids is 1. The summed E-state index contributed by atoms with van der Waals surface area (Å²) in [5, 5.41) is 8.74. The second kappa shape index (κ2) is 5.12. The van der Waals surface area contributed by atoms with E-state index in [0.29, 0.717) is 11.1 Å². The van der Waals surface area contributed by atoms with Gasteiger partial charge in [0, 0.05) is 16.2 Å². The van der Waals surface area contributed by atoms with Gasteiger partial charge >= 0.3 is 0 Å². The number of nitriles is 1. The molecule has 0 fully saturated rings. The predicted octanol–water partition coefficient (Wildman–Crippen LogP) is 2.70. The first-order chi connectivity index (χ1) is 7.47. The zero-order chi connectivity index (χ0) is 12.3. The lowest BCUT2D eigenvalue weighted by molar-refractivity contribution is -0.114. The number of rotatable bonds is 2. The molecule has 0 aromatic heterocycles. The van der Waals surface area contributed by atoms with Gasteiger partial charge < -0.3 is 4.90 Å². The van der Waals surface area contributed by atoms with Crippen molar-refractivity contribution in [3.05, 3.63) is 39.5 Å². The van der Waals surface area contributed by atoms with Crippen molar-refractivity contribution in [1.82, 2.24) is 0 Å². The zero-order valence-corrected chi connectivity index (χ0v) is 11.3. The molecule has 1 aromatic rings. The van der Waals surface area contributed by atoms with Crippen LogP contribution in [0.25, 0.3) is 0 Å². The summed E-state index contributed by atoms with van der Waals surface area (Å²) in [4.78, 5) is 13.2. The van der Waals surface area contributed by atoms with Gasteiger partial charge in [-0.2, -0.15) is 5.26 Å². The lowest BCUT2D eigenvalue weighted by Gasteiger charge is -2.18. The molecule has 0 saturated carbocycles. The summed E-state index contributed by atoms with van der Waals surface area (Å²) < 4.78 is 0.869. The molecule has 0 heterocycles. The van der Waals surface area contributed by atoms with Crippen molar-refractivity contribution in [2.75, 3.05) is 11.9 Å². The fourth-order valence-corrected chi connectivity index (χ4v) is 2.12. The van der Waals surface area contributed by atoms with Gasteiger partial charge in [-0.25, -0.2) is 0 Å². The van der Waals surface area contributed by atoms with Crippen LogP contribution in [0.1, 0.15) is 12.5 Å². The fourth-order valence-electron chi connectivity index (χ4n) is 1.24. The average Bonchev–Trinajstić information content (AvgIpc) is 2.26. The van der Waals surface area contributed by atoms with Crippen molar-refractivity contribution < 1.29 is 4.79 Å². The van der Waals surface area contributed by atoms with E-state index in [2.05, 4.69) is 35.2 Å². The summed E-state index contributed by atoms with van der Waals surface area (Å²) in [5.74, 6) is -0.123. The third kappa shape index (κ3) is 2.61. The molecule has 0 saturated heterocycles. The maximum atomic E-state index is 11.7. The van der Waals surface area contributed by atoms with E-state index in [-0.39, 0.29) is 5.91 Å². The van der Waals surface area contributed by atoms with Crippen LogP contribution >= 0.6 is 22.6 Å². The number of nitrogens with zero attached hydrogens (tertiary/aromatic N) is 2. The molecule has 0 aliphatic carbocycles. The molecule has 0 radical (unpaired) electrons. The number of hydrogen-bond donors (Lipinski definition) is 0. The van der Waals surface area contributed by atoms with Gasteiger partial charge in [0.1, 0.15) is 0 Å². The van der Waals surface area contributed by atoms with Crippen LogP contribution in [-0.4, -0.2) is 13.0 Å². The summed E-state index contributed by atoms with van der Waals surface area (Å²) in [7, 11) is 1.69. The third-order valence-electron chi connectivity index (χ3n) is 2.11. The first-order valence-corrected chi connectivity index (χ1v) is 5.68. The van der Waals surface area contributed by atoms with Gasteiger partial charge in [-0.15, -0.1) is 0 Å². The standard InChI is InChI=1S/C12H11IN2O/c1-8(2)12(16)15(3)11-5-4-9(7-14)6-10(11)13/h4-6H,1H2,2-3H3. The Bertz CT molecular complexity index is 488. The third-order valence-corrected chi connectivity index (χ3v) is 2.97. The van der Waals surface area contributed by atoms with E-state index < -0.39 is 0 Å². The lowest BCUT2D eigenvalue weighted by atomic mass is 10.2. The average molecular weight is 326 g/mol. The van der Waals surface area contributed by atoms with Gasteiger partial charge in [-0.1, -0.05) is 6.58 Å². The minimum absolute atomic E-state index is 0.123. The van der Waals surface area contributed by atoms with E-state index in [1.54, 1.807) is 32.2 Å².